The Morgan fingerprint density at radius 3 is 2.39 bits per heavy atom. The summed E-state index contributed by atoms with van der Waals surface area (Å²) in [5, 5.41) is 3.93. The van der Waals surface area contributed by atoms with Crippen LogP contribution in [0.1, 0.15) is 16.7 Å². The highest BCUT2D eigenvalue weighted by atomic mass is 35.5. The fourth-order valence-electron chi connectivity index (χ4n) is 2.75. The fraction of sp³-hybridized carbons (Fsp3) is 0.227. The minimum Gasteiger partial charge on any atom is -0.497 e. The third-order valence-corrected chi connectivity index (χ3v) is 4.49. The number of halogens is 1. The lowest BCUT2D eigenvalue weighted by molar-refractivity contribution is 0.284. The van der Waals surface area contributed by atoms with Crippen LogP contribution in [0.15, 0.2) is 60.9 Å². The first-order valence-corrected chi connectivity index (χ1v) is 9.29. The van der Waals surface area contributed by atoms with E-state index in [1.165, 1.54) is 5.56 Å². The lowest BCUT2D eigenvalue weighted by atomic mass is 10.1. The van der Waals surface area contributed by atoms with Crippen LogP contribution in [-0.2, 0) is 19.7 Å². The normalized spacial score (nSPS) is 10.5. The molecule has 0 aliphatic rings. The summed E-state index contributed by atoms with van der Waals surface area (Å²) in [6.45, 7) is 1.77. The molecule has 6 heteroatoms. The van der Waals surface area contributed by atoms with Gasteiger partial charge in [0.2, 0.25) is 0 Å². The standard InChI is InChI=1S/C22H23ClN2O3/c1-26-19-7-5-16(6-8-19)12-25-14-18-10-20(23)22(21(11-18)27-2)28-15-17-4-3-9-24-13-17/h3-11,13,25H,12,14-15H2,1-2H3. The number of benzene rings is 2. The van der Waals surface area contributed by atoms with Crippen molar-refractivity contribution in [2.75, 3.05) is 14.2 Å². The molecule has 0 aliphatic carbocycles. The van der Waals surface area contributed by atoms with Crippen LogP contribution in [0.3, 0.4) is 0 Å². The first-order valence-electron chi connectivity index (χ1n) is 8.91. The lowest BCUT2D eigenvalue weighted by Crippen LogP contribution is -2.13. The zero-order valence-electron chi connectivity index (χ0n) is 15.9. The number of aromatic nitrogens is 1. The van der Waals surface area contributed by atoms with Gasteiger partial charge in [-0.1, -0.05) is 29.8 Å². The van der Waals surface area contributed by atoms with Gasteiger partial charge in [-0.15, -0.1) is 0 Å². The van der Waals surface area contributed by atoms with E-state index in [1.54, 1.807) is 26.6 Å². The van der Waals surface area contributed by atoms with Crippen LogP contribution < -0.4 is 19.5 Å². The van der Waals surface area contributed by atoms with Crippen molar-refractivity contribution in [1.82, 2.24) is 10.3 Å². The molecular weight excluding hydrogens is 376 g/mol. The molecule has 5 nitrogen and oxygen atoms in total. The van der Waals surface area contributed by atoms with Gasteiger partial charge < -0.3 is 19.5 Å². The van der Waals surface area contributed by atoms with E-state index in [9.17, 15) is 0 Å². The SMILES string of the molecule is COc1ccc(CNCc2cc(Cl)c(OCc3cccnc3)c(OC)c2)cc1. The highest BCUT2D eigenvalue weighted by molar-refractivity contribution is 6.32. The average Bonchev–Trinajstić information content (AvgIpc) is 2.74. The minimum atomic E-state index is 0.374. The smallest absolute Gasteiger partial charge is 0.180 e. The summed E-state index contributed by atoms with van der Waals surface area (Å²) in [6, 6.07) is 15.6. The van der Waals surface area contributed by atoms with E-state index < -0.39 is 0 Å². The van der Waals surface area contributed by atoms with E-state index in [4.69, 9.17) is 25.8 Å². The van der Waals surface area contributed by atoms with Crippen molar-refractivity contribution < 1.29 is 14.2 Å². The lowest BCUT2D eigenvalue weighted by Gasteiger charge is -2.14. The number of nitrogens with zero attached hydrogens (tertiary/aromatic N) is 1. The van der Waals surface area contributed by atoms with Crippen LogP contribution in [-0.4, -0.2) is 19.2 Å². The molecular formula is C22H23ClN2O3. The molecule has 0 saturated carbocycles. The van der Waals surface area contributed by atoms with Gasteiger partial charge in [0.1, 0.15) is 12.4 Å². The second-order valence-corrected chi connectivity index (χ2v) is 6.62. The predicted octanol–water partition coefficient (Wildman–Crippen LogP) is 4.62. The van der Waals surface area contributed by atoms with Crippen LogP contribution >= 0.6 is 11.6 Å². The van der Waals surface area contributed by atoms with Crippen molar-refractivity contribution >= 4 is 11.6 Å². The number of rotatable bonds is 9. The Morgan fingerprint density at radius 2 is 1.71 bits per heavy atom. The maximum absolute atomic E-state index is 6.45. The summed E-state index contributed by atoms with van der Waals surface area (Å²) >= 11 is 6.45. The van der Waals surface area contributed by atoms with Gasteiger partial charge in [-0.3, -0.25) is 4.98 Å². The van der Waals surface area contributed by atoms with Gasteiger partial charge in [0.25, 0.3) is 0 Å². The van der Waals surface area contributed by atoms with Crippen molar-refractivity contribution in [3.63, 3.8) is 0 Å². The molecule has 0 aliphatic heterocycles. The van der Waals surface area contributed by atoms with Crippen LogP contribution in [0.25, 0.3) is 0 Å². The molecule has 1 N–H and O–H groups in total. The van der Waals surface area contributed by atoms with Crippen molar-refractivity contribution in [3.05, 3.63) is 82.6 Å². The van der Waals surface area contributed by atoms with Gasteiger partial charge in [-0.05, 0) is 41.5 Å². The molecule has 28 heavy (non-hydrogen) atoms. The Bertz CT molecular complexity index is 886. The highest BCUT2D eigenvalue weighted by Crippen LogP contribution is 2.37. The summed E-state index contributed by atoms with van der Waals surface area (Å²) in [4.78, 5) is 4.08. The molecule has 1 heterocycles. The van der Waals surface area contributed by atoms with Crippen LogP contribution in [0.4, 0.5) is 0 Å². The maximum atomic E-state index is 6.45. The van der Waals surface area contributed by atoms with Gasteiger partial charge in [-0.2, -0.15) is 0 Å². The van der Waals surface area contributed by atoms with E-state index in [0.717, 1.165) is 23.4 Å². The molecule has 0 unspecified atom stereocenters. The molecule has 0 fully saturated rings. The molecule has 0 atom stereocenters. The Morgan fingerprint density at radius 1 is 0.929 bits per heavy atom. The van der Waals surface area contributed by atoms with Crippen molar-refractivity contribution in [1.29, 1.82) is 0 Å². The third-order valence-electron chi connectivity index (χ3n) is 4.21. The maximum Gasteiger partial charge on any atom is 0.180 e. The van der Waals surface area contributed by atoms with E-state index >= 15 is 0 Å². The topological polar surface area (TPSA) is 52.6 Å². The van der Waals surface area contributed by atoms with E-state index in [0.29, 0.717) is 29.7 Å². The molecule has 0 bridgehead atoms. The summed E-state index contributed by atoms with van der Waals surface area (Å²) in [5.74, 6) is 1.99. The van der Waals surface area contributed by atoms with Gasteiger partial charge in [0.05, 0.1) is 19.2 Å². The zero-order valence-corrected chi connectivity index (χ0v) is 16.7. The van der Waals surface area contributed by atoms with Crippen molar-refractivity contribution in [2.45, 2.75) is 19.7 Å². The second kappa shape index (κ2) is 9.97. The Labute approximate surface area is 170 Å². The van der Waals surface area contributed by atoms with E-state index in [1.807, 2.05) is 48.5 Å². The molecule has 3 aromatic rings. The molecule has 0 radical (unpaired) electrons. The predicted molar refractivity (Wildman–Crippen MR) is 110 cm³/mol. The quantitative estimate of drug-likeness (QED) is 0.570. The third kappa shape index (κ3) is 5.38. The van der Waals surface area contributed by atoms with Crippen LogP contribution in [0.2, 0.25) is 5.02 Å². The minimum absolute atomic E-state index is 0.374. The summed E-state index contributed by atoms with van der Waals surface area (Å²) in [7, 11) is 3.27. The zero-order chi connectivity index (χ0) is 19.8. The van der Waals surface area contributed by atoms with Gasteiger partial charge in [-0.25, -0.2) is 0 Å². The Kier molecular flexibility index (Phi) is 7.12. The largest absolute Gasteiger partial charge is 0.497 e. The number of hydrogen-bond donors (Lipinski definition) is 1. The molecule has 1 aromatic heterocycles. The first kappa shape index (κ1) is 20.0. The number of ether oxygens (including phenoxy) is 3. The van der Waals surface area contributed by atoms with E-state index in [2.05, 4.69) is 10.3 Å². The number of methoxy groups -OCH3 is 2. The average molecular weight is 399 g/mol. The number of pyridine rings is 1. The molecule has 0 spiro atoms. The van der Waals surface area contributed by atoms with Gasteiger partial charge >= 0.3 is 0 Å². The summed E-state index contributed by atoms with van der Waals surface area (Å²) in [5.41, 5.74) is 3.16. The monoisotopic (exact) mass is 398 g/mol. The first-order chi connectivity index (χ1) is 13.7. The van der Waals surface area contributed by atoms with Crippen LogP contribution in [0, 0.1) is 0 Å². The molecule has 2 aromatic carbocycles. The Hall–Kier alpha value is -2.76. The highest BCUT2D eigenvalue weighted by Gasteiger charge is 2.12. The molecule has 0 amide bonds. The van der Waals surface area contributed by atoms with Crippen molar-refractivity contribution in [2.24, 2.45) is 0 Å². The summed E-state index contributed by atoms with van der Waals surface area (Å²) < 4.78 is 16.5. The number of hydrogen-bond acceptors (Lipinski definition) is 5. The second-order valence-electron chi connectivity index (χ2n) is 6.21. The van der Waals surface area contributed by atoms with Gasteiger partial charge in [0, 0.05) is 31.0 Å². The molecule has 3 rings (SSSR count). The van der Waals surface area contributed by atoms with E-state index in [-0.39, 0.29) is 0 Å². The van der Waals surface area contributed by atoms with Crippen LogP contribution in [0.5, 0.6) is 17.2 Å². The Balaban J connectivity index is 1.61. The molecule has 0 saturated heterocycles. The summed E-state index contributed by atoms with van der Waals surface area (Å²) in [6.07, 6.45) is 3.49. The fourth-order valence-corrected chi connectivity index (χ4v) is 3.04. The van der Waals surface area contributed by atoms with Crippen molar-refractivity contribution in [3.8, 4) is 17.2 Å². The van der Waals surface area contributed by atoms with Gasteiger partial charge in [0.15, 0.2) is 11.5 Å². The number of nitrogens with one attached hydrogen (secondary N) is 1. The molecule has 146 valence electrons.